The SMILES string of the molecule is CC(C)NC(C)C.CO[PH](=O)OCCCNC(=O)C(F)(F)F. The van der Waals surface area contributed by atoms with Gasteiger partial charge < -0.3 is 19.7 Å². The van der Waals surface area contributed by atoms with E-state index in [-0.39, 0.29) is 19.6 Å². The molecule has 2 N–H and O–H groups in total. The topological polar surface area (TPSA) is 76.7 Å². The summed E-state index contributed by atoms with van der Waals surface area (Å²) in [7, 11) is -1.36. The molecule has 0 aromatic heterocycles. The Balaban J connectivity index is 0. The van der Waals surface area contributed by atoms with Crippen molar-refractivity contribution in [1.82, 2.24) is 10.6 Å². The van der Waals surface area contributed by atoms with Crippen LogP contribution in [0.15, 0.2) is 0 Å². The van der Waals surface area contributed by atoms with Crippen LogP contribution in [0.5, 0.6) is 0 Å². The number of carbonyl (C=O) groups is 1. The first kappa shape index (κ1) is 23.6. The Morgan fingerprint density at radius 3 is 2.00 bits per heavy atom. The molecular weight excluding hydrogens is 324 g/mol. The summed E-state index contributed by atoms with van der Waals surface area (Å²) in [6, 6.07) is 1.25. The zero-order valence-electron chi connectivity index (χ0n) is 13.5. The van der Waals surface area contributed by atoms with Crippen LogP contribution >= 0.6 is 8.25 Å². The zero-order chi connectivity index (χ0) is 17.8. The van der Waals surface area contributed by atoms with Gasteiger partial charge in [-0.25, -0.2) is 0 Å². The third kappa shape index (κ3) is 17.4. The maximum atomic E-state index is 11.6. The number of hydrogen-bond acceptors (Lipinski definition) is 5. The number of amides is 1. The molecule has 0 aromatic rings. The maximum absolute atomic E-state index is 11.6. The number of rotatable bonds is 8. The van der Waals surface area contributed by atoms with E-state index in [4.69, 9.17) is 0 Å². The molecule has 0 radical (unpaired) electrons. The molecule has 1 atom stereocenters. The van der Waals surface area contributed by atoms with Gasteiger partial charge in [0, 0.05) is 25.7 Å². The number of halogens is 3. The van der Waals surface area contributed by atoms with Crippen molar-refractivity contribution in [2.45, 2.75) is 52.4 Å². The second-order valence-electron chi connectivity index (χ2n) is 4.89. The van der Waals surface area contributed by atoms with Crippen LogP contribution in [0.2, 0.25) is 0 Å². The highest BCUT2D eigenvalue weighted by atomic mass is 31.1. The fraction of sp³-hybridized carbons (Fsp3) is 0.917. The average Bonchev–Trinajstić information content (AvgIpc) is 2.35. The third-order valence-corrected chi connectivity index (χ3v) is 2.69. The van der Waals surface area contributed by atoms with Crippen molar-refractivity contribution in [3.05, 3.63) is 0 Å². The minimum absolute atomic E-state index is 0.0379. The van der Waals surface area contributed by atoms with Crippen LogP contribution in [0.1, 0.15) is 34.1 Å². The molecule has 1 unspecified atom stereocenters. The van der Waals surface area contributed by atoms with Gasteiger partial charge in [0.15, 0.2) is 0 Å². The van der Waals surface area contributed by atoms with Crippen LogP contribution < -0.4 is 10.6 Å². The first-order chi connectivity index (χ1) is 10.0. The van der Waals surface area contributed by atoms with Crippen LogP contribution in [0.4, 0.5) is 13.2 Å². The molecule has 134 valence electrons. The van der Waals surface area contributed by atoms with E-state index >= 15 is 0 Å². The molecule has 0 saturated carbocycles. The van der Waals surface area contributed by atoms with Gasteiger partial charge in [0.05, 0.1) is 6.61 Å². The summed E-state index contributed by atoms with van der Waals surface area (Å²) < 4.78 is 54.3. The smallest absolute Gasteiger partial charge is 0.348 e. The van der Waals surface area contributed by atoms with E-state index in [9.17, 15) is 22.5 Å². The molecule has 0 fully saturated rings. The lowest BCUT2D eigenvalue weighted by Crippen LogP contribution is -2.37. The molecular formula is C12H26F3N2O4P. The lowest BCUT2D eigenvalue weighted by Gasteiger charge is -2.10. The average molecular weight is 350 g/mol. The molecule has 0 heterocycles. The normalized spacial score (nSPS) is 12.8. The van der Waals surface area contributed by atoms with E-state index in [0.717, 1.165) is 0 Å². The van der Waals surface area contributed by atoms with E-state index in [1.165, 1.54) is 7.11 Å². The van der Waals surface area contributed by atoms with Crippen LogP contribution in [0.3, 0.4) is 0 Å². The van der Waals surface area contributed by atoms with Crippen LogP contribution in [0.25, 0.3) is 0 Å². The van der Waals surface area contributed by atoms with E-state index in [1.54, 1.807) is 5.32 Å². The molecule has 0 aliphatic rings. The summed E-state index contributed by atoms with van der Waals surface area (Å²) in [6.45, 7) is 8.38. The number of carbonyl (C=O) groups excluding carboxylic acids is 1. The lowest BCUT2D eigenvalue weighted by atomic mass is 10.3. The largest absolute Gasteiger partial charge is 0.471 e. The van der Waals surface area contributed by atoms with E-state index in [2.05, 4.69) is 42.1 Å². The Kier molecular flexibility index (Phi) is 13.8. The van der Waals surface area contributed by atoms with Gasteiger partial charge in [-0.3, -0.25) is 9.36 Å². The Hall–Kier alpha value is -0.630. The van der Waals surface area contributed by atoms with Gasteiger partial charge >= 0.3 is 20.3 Å². The first-order valence-electron chi connectivity index (χ1n) is 6.82. The maximum Gasteiger partial charge on any atom is 0.471 e. The summed E-state index contributed by atoms with van der Waals surface area (Å²) >= 11 is 0. The summed E-state index contributed by atoms with van der Waals surface area (Å²) in [5.41, 5.74) is 0. The summed E-state index contributed by atoms with van der Waals surface area (Å²) in [4.78, 5) is 10.3. The Labute approximate surface area is 130 Å². The Morgan fingerprint density at radius 1 is 1.18 bits per heavy atom. The van der Waals surface area contributed by atoms with Crippen molar-refractivity contribution in [1.29, 1.82) is 0 Å². The zero-order valence-corrected chi connectivity index (χ0v) is 14.5. The quantitative estimate of drug-likeness (QED) is 0.520. The summed E-state index contributed by atoms with van der Waals surface area (Å²) in [5, 5.41) is 4.94. The lowest BCUT2D eigenvalue weighted by molar-refractivity contribution is -0.173. The number of nitrogens with one attached hydrogen (secondary N) is 2. The molecule has 0 rings (SSSR count). The second kappa shape index (κ2) is 12.9. The molecule has 6 nitrogen and oxygen atoms in total. The van der Waals surface area contributed by atoms with Crippen LogP contribution in [-0.4, -0.2) is 44.4 Å². The van der Waals surface area contributed by atoms with Gasteiger partial charge in [0.25, 0.3) is 0 Å². The number of alkyl halides is 3. The molecule has 0 bridgehead atoms. The monoisotopic (exact) mass is 350 g/mol. The summed E-state index contributed by atoms with van der Waals surface area (Å²) in [5.74, 6) is -2.00. The van der Waals surface area contributed by atoms with Gasteiger partial charge in [-0.2, -0.15) is 13.2 Å². The summed E-state index contributed by atoms with van der Waals surface area (Å²) in [6.07, 6.45) is -4.75. The van der Waals surface area contributed by atoms with Gasteiger partial charge in [-0.1, -0.05) is 27.7 Å². The van der Waals surface area contributed by atoms with Gasteiger partial charge in [0.2, 0.25) is 0 Å². The first-order valence-corrected chi connectivity index (χ1v) is 8.05. The third-order valence-electron chi connectivity index (χ3n) is 1.92. The van der Waals surface area contributed by atoms with Crippen molar-refractivity contribution in [3.8, 4) is 0 Å². The minimum Gasteiger partial charge on any atom is -0.348 e. The molecule has 0 aromatic carbocycles. The van der Waals surface area contributed by atoms with Gasteiger partial charge in [-0.05, 0) is 6.42 Å². The predicted octanol–water partition coefficient (Wildman–Crippen LogP) is 2.50. The van der Waals surface area contributed by atoms with Gasteiger partial charge in [0.1, 0.15) is 0 Å². The number of hydrogen-bond donors (Lipinski definition) is 2. The Bertz CT molecular complexity index is 320. The molecule has 0 aliphatic carbocycles. The van der Waals surface area contributed by atoms with Crippen molar-refractivity contribution >= 4 is 14.2 Å². The van der Waals surface area contributed by atoms with Crippen molar-refractivity contribution < 1.29 is 31.6 Å². The molecule has 1 amide bonds. The molecule has 10 heteroatoms. The standard InChI is InChI=1S/C6H11F3NO4P.C6H15N/c1-13-15(12)14-4-2-3-10-5(11)6(7,8)9;1-5(2)7-6(3)4/h15H,2-4H2,1H3,(H,10,11);5-7H,1-4H3. The van der Waals surface area contributed by atoms with E-state index < -0.39 is 20.3 Å². The molecule has 22 heavy (non-hydrogen) atoms. The highest BCUT2D eigenvalue weighted by Crippen LogP contribution is 2.21. The van der Waals surface area contributed by atoms with E-state index in [1.807, 2.05) is 0 Å². The molecule has 0 aliphatic heterocycles. The Morgan fingerprint density at radius 2 is 1.68 bits per heavy atom. The van der Waals surface area contributed by atoms with Crippen molar-refractivity contribution in [3.63, 3.8) is 0 Å². The second-order valence-corrected chi connectivity index (χ2v) is 6.08. The predicted molar refractivity (Wildman–Crippen MR) is 79.1 cm³/mol. The van der Waals surface area contributed by atoms with Crippen molar-refractivity contribution in [2.75, 3.05) is 20.3 Å². The van der Waals surface area contributed by atoms with E-state index in [0.29, 0.717) is 12.1 Å². The van der Waals surface area contributed by atoms with Crippen molar-refractivity contribution in [2.24, 2.45) is 0 Å². The van der Waals surface area contributed by atoms with Gasteiger partial charge in [-0.15, -0.1) is 0 Å². The molecule has 0 spiro atoms. The minimum atomic E-state index is -4.87. The highest BCUT2D eigenvalue weighted by molar-refractivity contribution is 7.33. The fourth-order valence-corrected chi connectivity index (χ4v) is 1.68. The van der Waals surface area contributed by atoms with Crippen LogP contribution in [-0.2, 0) is 18.4 Å². The van der Waals surface area contributed by atoms with Crippen LogP contribution in [0, 0.1) is 0 Å². The highest BCUT2D eigenvalue weighted by Gasteiger charge is 2.38. The molecule has 0 saturated heterocycles. The fourth-order valence-electron chi connectivity index (χ4n) is 1.26.